The van der Waals surface area contributed by atoms with Gasteiger partial charge in [-0.05, 0) is 6.92 Å². The largest absolute Gasteiger partial charge is 0.382 e. The van der Waals surface area contributed by atoms with Gasteiger partial charge < -0.3 is 15.2 Å². The van der Waals surface area contributed by atoms with E-state index in [-0.39, 0.29) is 6.04 Å². The van der Waals surface area contributed by atoms with Crippen molar-refractivity contribution >= 4 is 11.3 Å². The number of ether oxygens (including phenoxy) is 2. The molecule has 0 spiro atoms. The van der Waals surface area contributed by atoms with Crippen molar-refractivity contribution in [3.8, 4) is 0 Å². The van der Waals surface area contributed by atoms with E-state index < -0.39 is 0 Å². The van der Waals surface area contributed by atoms with Crippen LogP contribution in [0.25, 0.3) is 0 Å². The molecular weight excluding hydrogens is 224 g/mol. The molecule has 0 amide bonds. The summed E-state index contributed by atoms with van der Waals surface area (Å²) in [5, 5.41) is 3.20. The first kappa shape index (κ1) is 13.6. The summed E-state index contributed by atoms with van der Waals surface area (Å²) in [7, 11) is 1.67. The van der Waals surface area contributed by atoms with Gasteiger partial charge in [0.05, 0.1) is 30.5 Å². The van der Waals surface area contributed by atoms with Crippen molar-refractivity contribution in [2.45, 2.75) is 25.8 Å². The molecule has 0 aromatic carbocycles. The lowest BCUT2D eigenvalue weighted by Gasteiger charge is -2.01. The van der Waals surface area contributed by atoms with Crippen LogP contribution in [-0.4, -0.2) is 38.0 Å². The van der Waals surface area contributed by atoms with E-state index >= 15 is 0 Å². The van der Waals surface area contributed by atoms with Gasteiger partial charge in [-0.1, -0.05) is 0 Å². The molecule has 0 radical (unpaired) electrons. The lowest BCUT2D eigenvalue weighted by atomic mass is 10.2. The number of aromatic nitrogens is 1. The van der Waals surface area contributed by atoms with Crippen LogP contribution in [0.5, 0.6) is 0 Å². The second-order valence-corrected chi connectivity index (χ2v) is 4.71. The van der Waals surface area contributed by atoms with Crippen LogP contribution in [0.1, 0.15) is 17.6 Å². The number of rotatable bonds is 8. The van der Waals surface area contributed by atoms with Gasteiger partial charge in [-0.25, -0.2) is 4.98 Å². The van der Waals surface area contributed by atoms with Crippen molar-refractivity contribution in [1.82, 2.24) is 4.98 Å². The third kappa shape index (κ3) is 5.55. The lowest BCUT2D eigenvalue weighted by Crippen LogP contribution is -2.17. The van der Waals surface area contributed by atoms with Crippen molar-refractivity contribution in [2.75, 3.05) is 26.9 Å². The maximum atomic E-state index is 5.71. The molecule has 1 unspecified atom stereocenters. The van der Waals surface area contributed by atoms with E-state index in [0.717, 1.165) is 23.5 Å². The fourth-order valence-electron chi connectivity index (χ4n) is 1.29. The molecule has 0 bridgehead atoms. The van der Waals surface area contributed by atoms with Crippen LogP contribution in [-0.2, 0) is 22.3 Å². The van der Waals surface area contributed by atoms with E-state index in [1.165, 1.54) is 0 Å². The summed E-state index contributed by atoms with van der Waals surface area (Å²) in [6.07, 6.45) is 1.72. The maximum absolute atomic E-state index is 5.71. The summed E-state index contributed by atoms with van der Waals surface area (Å²) >= 11 is 1.68. The van der Waals surface area contributed by atoms with Crippen LogP contribution >= 0.6 is 11.3 Å². The molecule has 16 heavy (non-hydrogen) atoms. The van der Waals surface area contributed by atoms with Gasteiger partial charge in [-0.15, -0.1) is 11.3 Å². The van der Waals surface area contributed by atoms with Gasteiger partial charge in [0.15, 0.2) is 0 Å². The average Bonchev–Trinajstić information content (AvgIpc) is 2.64. The Labute approximate surface area is 101 Å². The van der Waals surface area contributed by atoms with Crippen LogP contribution < -0.4 is 5.73 Å². The zero-order chi connectivity index (χ0) is 11.8. The average molecular weight is 244 g/mol. The highest BCUT2D eigenvalue weighted by Gasteiger charge is 2.04. The zero-order valence-electron chi connectivity index (χ0n) is 9.94. The van der Waals surface area contributed by atoms with E-state index in [9.17, 15) is 0 Å². The topological polar surface area (TPSA) is 57.4 Å². The van der Waals surface area contributed by atoms with Crippen LogP contribution in [0.4, 0.5) is 0 Å². The molecule has 92 valence electrons. The standard InChI is InChI=1S/C11H20N2O2S/c1-9(12)7-10-8-16-11(13-10)3-4-15-6-5-14-2/h8-9H,3-7,12H2,1-2H3. The number of nitrogens with two attached hydrogens (primary N) is 1. The number of methoxy groups -OCH3 is 1. The van der Waals surface area contributed by atoms with E-state index in [1.54, 1.807) is 18.4 Å². The number of thiazole rings is 1. The predicted molar refractivity (Wildman–Crippen MR) is 65.9 cm³/mol. The summed E-state index contributed by atoms with van der Waals surface area (Å²) in [5.74, 6) is 0. The summed E-state index contributed by atoms with van der Waals surface area (Å²) in [6.45, 7) is 3.99. The molecule has 4 nitrogen and oxygen atoms in total. The van der Waals surface area contributed by atoms with Crippen molar-refractivity contribution in [3.63, 3.8) is 0 Å². The molecule has 0 aliphatic rings. The first-order valence-corrected chi connectivity index (χ1v) is 6.36. The molecule has 5 heteroatoms. The molecule has 2 N–H and O–H groups in total. The molecule has 1 heterocycles. The highest BCUT2D eigenvalue weighted by Crippen LogP contribution is 2.11. The maximum Gasteiger partial charge on any atom is 0.0951 e. The first-order valence-electron chi connectivity index (χ1n) is 5.48. The number of hydrogen-bond donors (Lipinski definition) is 1. The van der Waals surface area contributed by atoms with Gasteiger partial charge in [0.2, 0.25) is 0 Å². The van der Waals surface area contributed by atoms with Gasteiger partial charge in [-0.3, -0.25) is 0 Å². The molecule has 1 atom stereocenters. The fraction of sp³-hybridized carbons (Fsp3) is 0.727. The van der Waals surface area contributed by atoms with Crippen molar-refractivity contribution in [1.29, 1.82) is 0 Å². The Morgan fingerprint density at radius 1 is 1.44 bits per heavy atom. The van der Waals surface area contributed by atoms with Gasteiger partial charge in [-0.2, -0.15) is 0 Å². The summed E-state index contributed by atoms with van der Waals surface area (Å²) in [6, 6.07) is 0.174. The molecular formula is C11H20N2O2S. The number of hydrogen-bond acceptors (Lipinski definition) is 5. The highest BCUT2D eigenvalue weighted by atomic mass is 32.1. The smallest absolute Gasteiger partial charge is 0.0951 e. The highest BCUT2D eigenvalue weighted by molar-refractivity contribution is 7.09. The molecule has 1 aromatic heterocycles. The Morgan fingerprint density at radius 3 is 2.94 bits per heavy atom. The Kier molecular flexibility index (Phi) is 6.56. The Bertz CT molecular complexity index is 289. The molecule has 0 aliphatic heterocycles. The summed E-state index contributed by atoms with van der Waals surface area (Å²) < 4.78 is 10.3. The zero-order valence-corrected chi connectivity index (χ0v) is 10.8. The Morgan fingerprint density at radius 2 is 2.25 bits per heavy atom. The fourth-order valence-corrected chi connectivity index (χ4v) is 2.08. The molecule has 1 aromatic rings. The van der Waals surface area contributed by atoms with Gasteiger partial charge in [0.25, 0.3) is 0 Å². The van der Waals surface area contributed by atoms with E-state index in [1.807, 2.05) is 6.92 Å². The third-order valence-electron chi connectivity index (χ3n) is 2.02. The minimum Gasteiger partial charge on any atom is -0.382 e. The molecule has 0 aliphatic carbocycles. The molecule has 0 fully saturated rings. The second kappa shape index (κ2) is 7.73. The van der Waals surface area contributed by atoms with Gasteiger partial charge in [0.1, 0.15) is 0 Å². The summed E-state index contributed by atoms with van der Waals surface area (Å²) in [5.41, 5.74) is 6.80. The normalized spacial score (nSPS) is 12.9. The Hall–Kier alpha value is -0.490. The molecule has 0 saturated carbocycles. The SMILES string of the molecule is COCCOCCc1nc(CC(C)N)cs1. The third-order valence-corrected chi connectivity index (χ3v) is 2.98. The minimum atomic E-state index is 0.174. The monoisotopic (exact) mass is 244 g/mol. The van der Waals surface area contributed by atoms with Crippen molar-refractivity contribution in [2.24, 2.45) is 5.73 Å². The van der Waals surface area contributed by atoms with Crippen LogP contribution in [0.2, 0.25) is 0 Å². The minimum absolute atomic E-state index is 0.174. The van der Waals surface area contributed by atoms with Gasteiger partial charge >= 0.3 is 0 Å². The molecule has 1 rings (SSSR count). The lowest BCUT2D eigenvalue weighted by molar-refractivity contribution is 0.0722. The van der Waals surface area contributed by atoms with E-state index in [4.69, 9.17) is 15.2 Å². The first-order chi connectivity index (χ1) is 7.72. The van der Waals surface area contributed by atoms with Crippen LogP contribution in [0, 0.1) is 0 Å². The second-order valence-electron chi connectivity index (χ2n) is 3.77. The van der Waals surface area contributed by atoms with E-state index in [0.29, 0.717) is 19.8 Å². The van der Waals surface area contributed by atoms with Crippen LogP contribution in [0.15, 0.2) is 5.38 Å². The predicted octanol–water partition coefficient (Wildman–Crippen LogP) is 1.24. The Balaban J connectivity index is 2.19. The van der Waals surface area contributed by atoms with Crippen molar-refractivity contribution in [3.05, 3.63) is 16.1 Å². The van der Waals surface area contributed by atoms with Crippen molar-refractivity contribution < 1.29 is 9.47 Å². The summed E-state index contributed by atoms with van der Waals surface area (Å²) in [4.78, 5) is 4.50. The van der Waals surface area contributed by atoms with Gasteiger partial charge in [0, 0.05) is 31.4 Å². The quantitative estimate of drug-likeness (QED) is 0.699. The number of nitrogens with zero attached hydrogens (tertiary/aromatic N) is 1. The van der Waals surface area contributed by atoms with Crippen LogP contribution in [0.3, 0.4) is 0 Å². The molecule has 0 saturated heterocycles. The van der Waals surface area contributed by atoms with E-state index in [2.05, 4.69) is 10.4 Å².